The summed E-state index contributed by atoms with van der Waals surface area (Å²) in [7, 11) is 0. The van der Waals surface area contributed by atoms with Crippen molar-refractivity contribution in [1.29, 1.82) is 0 Å². The molecule has 0 bridgehead atoms. The highest BCUT2D eigenvalue weighted by Crippen LogP contribution is 2.43. The number of carbonyl (C=O) groups excluding carboxylic acids is 5. The van der Waals surface area contributed by atoms with Crippen LogP contribution >= 0.6 is 0 Å². The second kappa shape index (κ2) is 12.7. The maximum atomic E-state index is 13.6. The fourth-order valence-electron chi connectivity index (χ4n) is 4.06. The van der Waals surface area contributed by atoms with Crippen molar-refractivity contribution in [2.75, 3.05) is 6.61 Å². The second-order valence-electron chi connectivity index (χ2n) is 10.0. The lowest BCUT2D eigenvalue weighted by Gasteiger charge is -2.31. The summed E-state index contributed by atoms with van der Waals surface area (Å²) < 4.78 is 10.4. The molecule has 0 aromatic carbocycles. The summed E-state index contributed by atoms with van der Waals surface area (Å²) in [5.41, 5.74) is -2.34. The molecule has 0 saturated heterocycles. The Bertz CT molecular complexity index is 787. The quantitative estimate of drug-likeness (QED) is 0.173. The van der Waals surface area contributed by atoms with Gasteiger partial charge in [0.25, 0.3) is 0 Å². The van der Waals surface area contributed by atoms with E-state index in [9.17, 15) is 24.0 Å². The van der Waals surface area contributed by atoms with Gasteiger partial charge in [-0.2, -0.15) is 0 Å². The zero-order chi connectivity index (χ0) is 25.3. The van der Waals surface area contributed by atoms with Crippen molar-refractivity contribution in [2.24, 2.45) is 29.6 Å². The molecule has 1 saturated carbocycles. The predicted octanol–water partition coefficient (Wildman–Crippen LogP) is 4.34. The standard InChI is InChI=1S/C26H38O7/c1-8-9-14-32-25(31)33-26(21(28)13-11-17(4)5)19(12-10-16(2)3)23(29)22(24(26)30)20(27)15-18(6)7/h1,16-19,22H,9-15H2,2-7H3/t19-,22?,26+/m0/s1. The van der Waals surface area contributed by atoms with Crippen LogP contribution in [0.4, 0.5) is 4.79 Å². The fourth-order valence-corrected chi connectivity index (χ4v) is 4.06. The van der Waals surface area contributed by atoms with Crippen molar-refractivity contribution in [1.82, 2.24) is 0 Å². The van der Waals surface area contributed by atoms with Gasteiger partial charge in [0, 0.05) is 19.3 Å². The van der Waals surface area contributed by atoms with E-state index < -0.39 is 46.7 Å². The van der Waals surface area contributed by atoms with Gasteiger partial charge < -0.3 is 9.47 Å². The number of carbonyl (C=O) groups is 5. The van der Waals surface area contributed by atoms with Gasteiger partial charge in [-0.1, -0.05) is 48.0 Å². The molecule has 0 spiro atoms. The Hall–Kier alpha value is -2.49. The van der Waals surface area contributed by atoms with Crippen LogP contribution in [-0.4, -0.2) is 41.5 Å². The second-order valence-corrected chi connectivity index (χ2v) is 10.0. The SMILES string of the molecule is C#CCCOC(=O)O[C@]1(C(=O)CCC(C)C)C(=O)C(C(=O)CC(C)C)C(=O)[C@@H]1CCC(C)C. The number of hydrogen-bond donors (Lipinski definition) is 0. The number of rotatable bonds is 13. The van der Waals surface area contributed by atoms with E-state index in [4.69, 9.17) is 15.9 Å². The summed E-state index contributed by atoms with van der Waals surface area (Å²) in [5, 5.41) is 0. The number of hydrogen-bond acceptors (Lipinski definition) is 7. The summed E-state index contributed by atoms with van der Waals surface area (Å²) in [6, 6.07) is 0. The highest BCUT2D eigenvalue weighted by molar-refractivity contribution is 6.34. The molecule has 7 heteroatoms. The van der Waals surface area contributed by atoms with Gasteiger partial charge in [-0.05, 0) is 30.6 Å². The number of Topliss-reactive ketones (excluding diaryl/α,β-unsaturated/α-hetero) is 4. The largest absolute Gasteiger partial charge is 0.509 e. The molecule has 7 nitrogen and oxygen atoms in total. The first-order chi connectivity index (χ1) is 15.4. The topological polar surface area (TPSA) is 104 Å². The highest BCUT2D eigenvalue weighted by atomic mass is 16.7. The fraction of sp³-hybridized carbons (Fsp3) is 0.731. The van der Waals surface area contributed by atoms with Gasteiger partial charge in [0.05, 0.1) is 5.92 Å². The number of ketones is 4. The van der Waals surface area contributed by atoms with Crippen LogP contribution in [0.1, 0.15) is 80.1 Å². The summed E-state index contributed by atoms with van der Waals surface area (Å²) in [4.78, 5) is 65.9. The van der Waals surface area contributed by atoms with Crippen molar-refractivity contribution >= 4 is 29.3 Å². The number of ether oxygens (including phenoxy) is 2. The first kappa shape index (κ1) is 28.5. The van der Waals surface area contributed by atoms with E-state index in [1.54, 1.807) is 13.8 Å². The minimum Gasteiger partial charge on any atom is -0.433 e. The molecule has 1 rings (SSSR count). The van der Waals surface area contributed by atoms with E-state index >= 15 is 0 Å². The molecule has 0 aromatic heterocycles. The predicted molar refractivity (Wildman–Crippen MR) is 123 cm³/mol. The lowest BCUT2D eigenvalue weighted by atomic mass is 9.79. The molecule has 0 radical (unpaired) electrons. The summed E-state index contributed by atoms with van der Waals surface area (Å²) in [5.74, 6) is -3.04. The van der Waals surface area contributed by atoms with Crippen LogP contribution in [0.2, 0.25) is 0 Å². The molecule has 1 aliphatic rings. The smallest absolute Gasteiger partial charge is 0.433 e. The van der Waals surface area contributed by atoms with Crippen molar-refractivity contribution in [3.05, 3.63) is 0 Å². The average molecular weight is 463 g/mol. The Balaban J connectivity index is 3.49. The van der Waals surface area contributed by atoms with E-state index in [0.29, 0.717) is 12.8 Å². The first-order valence-corrected chi connectivity index (χ1v) is 11.8. The molecule has 0 heterocycles. The van der Waals surface area contributed by atoms with E-state index in [2.05, 4.69) is 5.92 Å². The zero-order valence-electron chi connectivity index (χ0n) is 20.8. The molecule has 0 aliphatic heterocycles. The Kier molecular flexibility index (Phi) is 11.0. The summed E-state index contributed by atoms with van der Waals surface area (Å²) in [6.45, 7) is 11.2. The van der Waals surface area contributed by atoms with Gasteiger partial charge in [0.1, 0.15) is 12.5 Å². The molecule has 1 aliphatic carbocycles. The van der Waals surface area contributed by atoms with Gasteiger partial charge in [0.2, 0.25) is 11.4 Å². The van der Waals surface area contributed by atoms with Gasteiger partial charge in [0.15, 0.2) is 17.3 Å². The van der Waals surface area contributed by atoms with Crippen LogP contribution in [0.5, 0.6) is 0 Å². The van der Waals surface area contributed by atoms with Crippen molar-refractivity contribution in [3.8, 4) is 12.3 Å². The Morgan fingerprint density at radius 2 is 1.61 bits per heavy atom. The third-order valence-corrected chi connectivity index (χ3v) is 5.78. The van der Waals surface area contributed by atoms with E-state index in [1.807, 2.05) is 27.7 Å². The lowest BCUT2D eigenvalue weighted by Crippen LogP contribution is -2.53. The minimum atomic E-state index is -2.34. The molecule has 184 valence electrons. The highest BCUT2D eigenvalue weighted by Gasteiger charge is 2.68. The maximum absolute atomic E-state index is 13.6. The van der Waals surface area contributed by atoms with Gasteiger partial charge in [-0.3, -0.25) is 19.2 Å². The first-order valence-electron chi connectivity index (χ1n) is 11.8. The zero-order valence-corrected chi connectivity index (χ0v) is 20.8. The molecule has 3 atom stereocenters. The van der Waals surface area contributed by atoms with Gasteiger partial charge in [-0.15, -0.1) is 12.3 Å². The van der Waals surface area contributed by atoms with Gasteiger partial charge >= 0.3 is 6.16 Å². The molecular weight excluding hydrogens is 424 g/mol. The average Bonchev–Trinajstić information content (AvgIpc) is 2.91. The van der Waals surface area contributed by atoms with E-state index in [1.165, 1.54) is 0 Å². The van der Waals surface area contributed by atoms with Crippen LogP contribution in [0.3, 0.4) is 0 Å². The number of terminal acetylenes is 1. The summed E-state index contributed by atoms with van der Waals surface area (Å²) >= 11 is 0. The third kappa shape index (κ3) is 7.25. The van der Waals surface area contributed by atoms with Crippen LogP contribution in [0.25, 0.3) is 0 Å². The third-order valence-electron chi connectivity index (χ3n) is 5.78. The molecule has 1 fully saturated rings. The minimum absolute atomic E-state index is 0.0158. The monoisotopic (exact) mass is 462 g/mol. The van der Waals surface area contributed by atoms with Crippen molar-refractivity contribution in [3.63, 3.8) is 0 Å². The molecule has 0 N–H and O–H groups in total. The Labute approximate surface area is 197 Å². The van der Waals surface area contributed by atoms with Crippen LogP contribution < -0.4 is 0 Å². The van der Waals surface area contributed by atoms with Crippen molar-refractivity contribution in [2.45, 2.75) is 85.7 Å². The molecular formula is C26H38O7. The van der Waals surface area contributed by atoms with Gasteiger partial charge in [-0.25, -0.2) is 4.79 Å². The maximum Gasteiger partial charge on any atom is 0.509 e. The summed E-state index contributed by atoms with van der Waals surface area (Å²) in [6.07, 6.45) is 5.13. The van der Waals surface area contributed by atoms with Crippen LogP contribution in [-0.2, 0) is 28.7 Å². The molecule has 1 unspecified atom stereocenters. The molecule has 0 amide bonds. The van der Waals surface area contributed by atoms with E-state index in [-0.39, 0.29) is 50.0 Å². The Morgan fingerprint density at radius 1 is 1.00 bits per heavy atom. The molecule has 0 aromatic rings. The van der Waals surface area contributed by atoms with Crippen LogP contribution in [0, 0.1) is 41.9 Å². The normalized spacial score (nSPS) is 22.7. The Morgan fingerprint density at radius 3 is 2.12 bits per heavy atom. The van der Waals surface area contributed by atoms with Crippen LogP contribution in [0.15, 0.2) is 0 Å². The van der Waals surface area contributed by atoms with E-state index in [0.717, 1.165) is 0 Å². The molecule has 33 heavy (non-hydrogen) atoms. The lowest BCUT2D eigenvalue weighted by molar-refractivity contribution is -0.158. The van der Waals surface area contributed by atoms with Crippen molar-refractivity contribution < 1.29 is 33.4 Å².